The molecule has 2 heterocycles. The van der Waals surface area contributed by atoms with Crippen molar-refractivity contribution >= 4 is 23.8 Å². The number of halogens is 2. The maximum atomic E-state index is 14.0. The minimum Gasteiger partial charge on any atom is -0.506 e. The zero-order chi connectivity index (χ0) is 14.4. The third-order valence-electron chi connectivity index (χ3n) is 3.36. The zero-order valence-corrected chi connectivity index (χ0v) is 11.9. The van der Waals surface area contributed by atoms with E-state index in [2.05, 4.69) is 0 Å². The van der Waals surface area contributed by atoms with Gasteiger partial charge < -0.3 is 5.11 Å². The van der Waals surface area contributed by atoms with Crippen molar-refractivity contribution in [1.29, 1.82) is 0 Å². The predicted molar refractivity (Wildman–Crippen MR) is 74.7 cm³/mol. The molecule has 1 aliphatic heterocycles. The van der Waals surface area contributed by atoms with Gasteiger partial charge in [0.1, 0.15) is 11.6 Å². The second kappa shape index (κ2) is 4.75. The molecule has 0 spiro atoms. The van der Waals surface area contributed by atoms with Gasteiger partial charge in [0, 0.05) is 19.2 Å². The average Bonchev–Trinajstić information content (AvgIpc) is 2.68. The van der Waals surface area contributed by atoms with Gasteiger partial charge in [0.15, 0.2) is 0 Å². The van der Waals surface area contributed by atoms with Gasteiger partial charge in [-0.05, 0) is 31.1 Å². The normalized spacial score (nSPS) is 14.3. The summed E-state index contributed by atoms with van der Waals surface area (Å²) in [6.45, 7) is 1.18. The molecule has 3 rings (SSSR count). The van der Waals surface area contributed by atoms with E-state index in [0.29, 0.717) is 13.1 Å². The van der Waals surface area contributed by atoms with Gasteiger partial charge in [-0.25, -0.2) is 18.4 Å². The number of rotatable bonds is 1. The Morgan fingerprint density at radius 1 is 1.25 bits per heavy atom. The highest BCUT2D eigenvalue weighted by Gasteiger charge is 2.20. The quantitative estimate of drug-likeness (QED) is 0.823. The molecule has 0 amide bonds. The highest BCUT2D eigenvalue weighted by molar-refractivity contribution is 7.71. The number of aromatic hydroxyl groups is 1. The highest BCUT2D eigenvalue weighted by atomic mass is 35.5. The predicted octanol–water partition coefficient (Wildman–Crippen LogP) is 2.46. The van der Waals surface area contributed by atoms with Gasteiger partial charge in [0.05, 0.1) is 10.7 Å². The lowest BCUT2D eigenvalue weighted by Gasteiger charge is -2.14. The molecule has 0 fully saturated rings. The Kier molecular flexibility index (Phi) is 3.18. The summed E-state index contributed by atoms with van der Waals surface area (Å²) < 4.78 is 18.5. The second-order valence-corrected chi connectivity index (χ2v) is 5.38. The summed E-state index contributed by atoms with van der Waals surface area (Å²) in [5.41, 5.74) is -0.494. The van der Waals surface area contributed by atoms with Crippen LogP contribution in [0.3, 0.4) is 0 Å². The molecule has 0 bridgehead atoms. The Labute approximate surface area is 123 Å². The Morgan fingerprint density at radius 3 is 2.55 bits per heavy atom. The molecule has 106 valence electrons. The van der Waals surface area contributed by atoms with Crippen LogP contribution in [0.1, 0.15) is 12.8 Å². The van der Waals surface area contributed by atoms with E-state index in [1.54, 1.807) is 4.68 Å². The summed E-state index contributed by atoms with van der Waals surface area (Å²) >= 11 is 10.9. The molecule has 2 aromatic rings. The standard InChI is InChI=1S/C12H11ClFN3O2S/c13-7-5-8(14)9(6-10(7)18)17-11(19)15-3-1-2-4-16(15)12(17)20/h5-6,18H,1-4H2. The van der Waals surface area contributed by atoms with Crippen LogP contribution in [-0.4, -0.2) is 19.0 Å². The fraction of sp³-hybridized carbons (Fsp3) is 0.333. The summed E-state index contributed by atoms with van der Waals surface area (Å²) in [4.78, 5) is 12.3. The molecule has 0 atom stereocenters. The Bertz CT molecular complexity index is 771. The molecule has 0 unspecified atom stereocenters. The molecule has 0 aliphatic carbocycles. The Morgan fingerprint density at radius 2 is 1.90 bits per heavy atom. The smallest absolute Gasteiger partial charge is 0.349 e. The molecule has 1 N–H and O–H groups in total. The van der Waals surface area contributed by atoms with Gasteiger partial charge in [-0.3, -0.25) is 4.68 Å². The Balaban J connectivity index is 2.31. The zero-order valence-electron chi connectivity index (χ0n) is 10.3. The first-order valence-electron chi connectivity index (χ1n) is 6.12. The number of phenolic OH excluding ortho intramolecular Hbond substituents is 1. The van der Waals surface area contributed by atoms with Gasteiger partial charge in [0.25, 0.3) is 0 Å². The number of aromatic nitrogens is 3. The number of hydrogen-bond acceptors (Lipinski definition) is 3. The maximum absolute atomic E-state index is 14.0. The fourth-order valence-corrected chi connectivity index (χ4v) is 2.90. The first-order valence-corrected chi connectivity index (χ1v) is 6.90. The topological polar surface area (TPSA) is 52.1 Å². The van der Waals surface area contributed by atoms with Crippen molar-refractivity contribution in [3.8, 4) is 11.4 Å². The van der Waals surface area contributed by atoms with Crippen molar-refractivity contribution in [1.82, 2.24) is 13.9 Å². The van der Waals surface area contributed by atoms with Crippen molar-refractivity contribution < 1.29 is 9.50 Å². The number of nitrogens with zero attached hydrogens (tertiary/aromatic N) is 3. The molecule has 0 saturated heterocycles. The lowest BCUT2D eigenvalue weighted by Crippen LogP contribution is -2.29. The summed E-state index contributed by atoms with van der Waals surface area (Å²) in [5.74, 6) is -0.997. The molecule has 8 heteroatoms. The summed E-state index contributed by atoms with van der Waals surface area (Å²) in [7, 11) is 0. The van der Waals surface area contributed by atoms with E-state index in [9.17, 15) is 14.3 Å². The maximum Gasteiger partial charge on any atom is 0.349 e. The van der Waals surface area contributed by atoms with Crippen LogP contribution in [0, 0.1) is 10.6 Å². The minimum atomic E-state index is -0.704. The van der Waals surface area contributed by atoms with Gasteiger partial charge >= 0.3 is 5.69 Å². The third kappa shape index (κ3) is 1.89. The van der Waals surface area contributed by atoms with E-state index in [1.165, 1.54) is 4.68 Å². The van der Waals surface area contributed by atoms with Crippen molar-refractivity contribution in [3.05, 3.63) is 38.2 Å². The van der Waals surface area contributed by atoms with E-state index >= 15 is 0 Å². The van der Waals surface area contributed by atoms with E-state index in [-0.39, 0.29) is 21.2 Å². The highest BCUT2D eigenvalue weighted by Crippen LogP contribution is 2.28. The van der Waals surface area contributed by atoms with Crippen molar-refractivity contribution in [3.63, 3.8) is 0 Å². The average molecular weight is 316 g/mol. The molecule has 5 nitrogen and oxygen atoms in total. The van der Waals surface area contributed by atoms with Crippen LogP contribution in [0.5, 0.6) is 5.75 Å². The van der Waals surface area contributed by atoms with Crippen LogP contribution < -0.4 is 5.69 Å². The third-order valence-corrected chi connectivity index (χ3v) is 4.06. The van der Waals surface area contributed by atoms with Crippen LogP contribution >= 0.6 is 23.8 Å². The number of phenols is 1. The van der Waals surface area contributed by atoms with Crippen LogP contribution in [0.4, 0.5) is 4.39 Å². The van der Waals surface area contributed by atoms with Crippen LogP contribution in [0.15, 0.2) is 16.9 Å². The van der Waals surface area contributed by atoms with Gasteiger partial charge in [-0.2, -0.15) is 0 Å². The number of hydrogen-bond donors (Lipinski definition) is 1. The SMILES string of the molecule is O=c1n(-c2cc(O)c(Cl)cc2F)c(=S)n2n1CCCC2. The van der Waals surface area contributed by atoms with E-state index in [4.69, 9.17) is 23.8 Å². The molecular formula is C12H11ClFN3O2S. The second-order valence-electron chi connectivity index (χ2n) is 4.61. The van der Waals surface area contributed by atoms with Crippen molar-refractivity contribution in [2.24, 2.45) is 0 Å². The molecule has 0 radical (unpaired) electrons. The monoisotopic (exact) mass is 315 g/mol. The van der Waals surface area contributed by atoms with Gasteiger partial charge in [-0.1, -0.05) is 11.6 Å². The van der Waals surface area contributed by atoms with E-state index in [1.807, 2.05) is 0 Å². The summed E-state index contributed by atoms with van der Waals surface area (Å²) in [6.07, 6.45) is 1.80. The number of benzene rings is 1. The molecular weight excluding hydrogens is 305 g/mol. The van der Waals surface area contributed by atoms with Crippen molar-refractivity contribution in [2.45, 2.75) is 25.9 Å². The van der Waals surface area contributed by atoms with E-state index < -0.39 is 11.5 Å². The molecule has 1 aromatic heterocycles. The minimum absolute atomic E-state index is 0.0868. The van der Waals surface area contributed by atoms with E-state index in [0.717, 1.165) is 29.5 Å². The Hall–Kier alpha value is -1.60. The summed E-state index contributed by atoms with van der Waals surface area (Å²) in [5, 5.41) is 9.50. The lowest BCUT2D eigenvalue weighted by molar-refractivity contribution is 0.352. The fourth-order valence-electron chi connectivity index (χ4n) is 2.38. The molecule has 1 aromatic carbocycles. The van der Waals surface area contributed by atoms with Gasteiger partial charge in [-0.15, -0.1) is 0 Å². The number of fused-ring (bicyclic) bond motifs is 1. The molecule has 0 saturated carbocycles. The van der Waals surface area contributed by atoms with Gasteiger partial charge in [0.2, 0.25) is 4.77 Å². The van der Waals surface area contributed by atoms with Crippen LogP contribution in [-0.2, 0) is 13.1 Å². The first-order chi connectivity index (χ1) is 9.50. The van der Waals surface area contributed by atoms with Crippen LogP contribution in [0.2, 0.25) is 5.02 Å². The molecule has 20 heavy (non-hydrogen) atoms. The molecule has 1 aliphatic rings. The van der Waals surface area contributed by atoms with Crippen molar-refractivity contribution in [2.75, 3.05) is 0 Å². The van der Waals surface area contributed by atoms with Crippen LogP contribution in [0.25, 0.3) is 5.69 Å². The first kappa shape index (κ1) is 13.4. The largest absolute Gasteiger partial charge is 0.506 e. The lowest BCUT2D eigenvalue weighted by atomic mass is 10.3. The summed E-state index contributed by atoms with van der Waals surface area (Å²) in [6, 6.07) is 2.08.